The molecule has 27 heavy (non-hydrogen) atoms. The topological polar surface area (TPSA) is 129 Å². The summed E-state index contributed by atoms with van der Waals surface area (Å²) in [5.41, 5.74) is 13.8. The van der Waals surface area contributed by atoms with Crippen molar-refractivity contribution in [2.45, 2.75) is 26.3 Å². The molecule has 140 valence electrons. The number of rotatable bonds is 7. The summed E-state index contributed by atoms with van der Waals surface area (Å²) < 4.78 is 1.92. The van der Waals surface area contributed by atoms with Gasteiger partial charge in [0.05, 0.1) is 16.6 Å². The fraction of sp³-hybridized carbons (Fsp3) is 0.263. The van der Waals surface area contributed by atoms with E-state index in [0.29, 0.717) is 41.4 Å². The highest BCUT2D eigenvalue weighted by Gasteiger charge is 2.17. The minimum atomic E-state index is -0.522. The SMILES string of the molecule is Cc1ncccc1C(=O)Nc1nc2cc(C(N)=O)ccc2n1CCCCN. The lowest BCUT2D eigenvalue weighted by Gasteiger charge is -2.10. The molecule has 1 aromatic carbocycles. The predicted molar refractivity (Wildman–Crippen MR) is 103 cm³/mol. The van der Waals surface area contributed by atoms with Crippen LogP contribution in [-0.2, 0) is 6.54 Å². The molecule has 0 fully saturated rings. The van der Waals surface area contributed by atoms with Crippen molar-refractivity contribution in [1.29, 1.82) is 0 Å². The Bertz CT molecular complexity index is 995. The second kappa shape index (κ2) is 7.96. The van der Waals surface area contributed by atoms with Gasteiger partial charge in [-0.15, -0.1) is 0 Å². The molecule has 3 rings (SSSR count). The van der Waals surface area contributed by atoms with Crippen molar-refractivity contribution >= 4 is 28.8 Å². The van der Waals surface area contributed by atoms with E-state index in [-0.39, 0.29) is 5.91 Å². The molecule has 0 atom stereocenters. The normalized spacial score (nSPS) is 10.9. The van der Waals surface area contributed by atoms with Crippen molar-refractivity contribution in [2.75, 3.05) is 11.9 Å². The molecule has 5 N–H and O–H groups in total. The zero-order valence-electron chi connectivity index (χ0n) is 15.1. The zero-order chi connectivity index (χ0) is 19.4. The van der Waals surface area contributed by atoms with E-state index < -0.39 is 5.91 Å². The first-order valence-electron chi connectivity index (χ1n) is 8.74. The number of amides is 2. The van der Waals surface area contributed by atoms with Gasteiger partial charge in [0, 0.05) is 24.0 Å². The van der Waals surface area contributed by atoms with Crippen LogP contribution in [-0.4, -0.2) is 32.9 Å². The van der Waals surface area contributed by atoms with Crippen LogP contribution >= 0.6 is 0 Å². The molecule has 0 saturated carbocycles. The summed E-state index contributed by atoms with van der Waals surface area (Å²) in [5, 5.41) is 2.86. The Kier molecular flexibility index (Phi) is 5.46. The highest BCUT2D eigenvalue weighted by Crippen LogP contribution is 2.22. The summed E-state index contributed by atoms with van der Waals surface area (Å²) in [7, 11) is 0. The summed E-state index contributed by atoms with van der Waals surface area (Å²) >= 11 is 0. The van der Waals surface area contributed by atoms with E-state index >= 15 is 0 Å². The molecule has 8 heteroatoms. The molecule has 0 saturated heterocycles. The number of fused-ring (bicyclic) bond motifs is 1. The van der Waals surface area contributed by atoms with Crippen LogP contribution in [0.2, 0.25) is 0 Å². The minimum absolute atomic E-state index is 0.286. The molecule has 8 nitrogen and oxygen atoms in total. The quantitative estimate of drug-likeness (QED) is 0.549. The Balaban J connectivity index is 1.99. The molecule has 3 aromatic rings. The number of carbonyl (C=O) groups is 2. The van der Waals surface area contributed by atoms with Gasteiger partial charge in [-0.3, -0.25) is 19.9 Å². The molecule has 0 aliphatic heterocycles. The summed E-state index contributed by atoms with van der Waals surface area (Å²) in [6, 6.07) is 8.50. The number of nitrogens with one attached hydrogen (secondary N) is 1. The highest BCUT2D eigenvalue weighted by molar-refractivity contribution is 6.05. The maximum Gasteiger partial charge on any atom is 0.259 e. The Labute approximate surface area is 156 Å². The zero-order valence-corrected chi connectivity index (χ0v) is 15.1. The minimum Gasteiger partial charge on any atom is -0.366 e. The lowest BCUT2D eigenvalue weighted by atomic mass is 10.2. The van der Waals surface area contributed by atoms with Crippen LogP contribution in [0.5, 0.6) is 0 Å². The fourth-order valence-corrected chi connectivity index (χ4v) is 2.91. The van der Waals surface area contributed by atoms with Crippen molar-refractivity contribution < 1.29 is 9.59 Å². The Morgan fingerprint density at radius 3 is 2.74 bits per heavy atom. The van der Waals surface area contributed by atoms with E-state index in [1.54, 1.807) is 43.5 Å². The summed E-state index contributed by atoms with van der Waals surface area (Å²) in [5.74, 6) is -0.394. The van der Waals surface area contributed by atoms with Crippen LogP contribution in [0.1, 0.15) is 39.3 Å². The van der Waals surface area contributed by atoms with Crippen molar-refractivity contribution in [3.8, 4) is 0 Å². The van der Waals surface area contributed by atoms with Gasteiger partial charge in [-0.25, -0.2) is 4.98 Å². The van der Waals surface area contributed by atoms with Crippen molar-refractivity contribution in [1.82, 2.24) is 14.5 Å². The largest absolute Gasteiger partial charge is 0.366 e. The number of aryl methyl sites for hydroxylation is 2. The molecule has 2 heterocycles. The number of aromatic nitrogens is 3. The van der Waals surface area contributed by atoms with Gasteiger partial charge >= 0.3 is 0 Å². The lowest BCUT2D eigenvalue weighted by molar-refractivity contribution is 0.0997. The molecule has 2 amide bonds. The van der Waals surface area contributed by atoms with Gasteiger partial charge in [0.15, 0.2) is 0 Å². The second-order valence-electron chi connectivity index (χ2n) is 6.24. The first-order valence-corrected chi connectivity index (χ1v) is 8.74. The molecular formula is C19H22N6O2. The van der Waals surface area contributed by atoms with E-state index in [2.05, 4.69) is 15.3 Å². The number of primary amides is 1. The van der Waals surface area contributed by atoms with E-state index in [9.17, 15) is 9.59 Å². The van der Waals surface area contributed by atoms with Gasteiger partial charge in [-0.2, -0.15) is 0 Å². The number of anilines is 1. The van der Waals surface area contributed by atoms with E-state index in [1.165, 1.54) is 0 Å². The van der Waals surface area contributed by atoms with Crippen LogP contribution in [0.4, 0.5) is 5.95 Å². The van der Waals surface area contributed by atoms with Gasteiger partial charge in [0.2, 0.25) is 11.9 Å². The van der Waals surface area contributed by atoms with Crippen LogP contribution in [0, 0.1) is 6.92 Å². The van der Waals surface area contributed by atoms with Crippen LogP contribution in [0.25, 0.3) is 11.0 Å². The van der Waals surface area contributed by atoms with Gasteiger partial charge in [-0.1, -0.05) is 0 Å². The summed E-state index contributed by atoms with van der Waals surface area (Å²) in [6.45, 7) is 3.01. The third-order valence-corrected chi connectivity index (χ3v) is 4.35. The van der Waals surface area contributed by atoms with Crippen molar-refractivity contribution in [3.63, 3.8) is 0 Å². The first-order chi connectivity index (χ1) is 13.0. The van der Waals surface area contributed by atoms with Crippen LogP contribution < -0.4 is 16.8 Å². The first kappa shape index (κ1) is 18.5. The van der Waals surface area contributed by atoms with E-state index in [0.717, 1.165) is 18.4 Å². The third-order valence-electron chi connectivity index (χ3n) is 4.35. The number of carbonyl (C=O) groups excluding carboxylic acids is 2. The predicted octanol–water partition coefficient (Wildman–Crippen LogP) is 1.83. The average Bonchev–Trinajstić information content (AvgIpc) is 2.98. The monoisotopic (exact) mass is 366 g/mol. The number of hydrogen-bond acceptors (Lipinski definition) is 5. The maximum absolute atomic E-state index is 12.7. The van der Waals surface area contributed by atoms with Gasteiger partial charge in [0.25, 0.3) is 5.91 Å². The average molecular weight is 366 g/mol. The lowest BCUT2D eigenvalue weighted by Crippen LogP contribution is -2.17. The molecule has 0 spiro atoms. The third kappa shape index (κ3) is 3.95. The second-order valence-corrected chi connectivity index (χ2v) is 6.24. The number of pyridine rings is 1. The number of nitrogens with zero attached hydrogens (tertiary/aromatic N) is 3. The van der Waals surface area contributed by atoms with Gasteiger partial charge in [0.1, 0.15) is 0 Å². The molecule has 0 unspecified atom stereocenters. The summed E-state index contributed by atoms with van der Waals surface area (Å²) in [6.07, 6.45) is 3.34. The Morgan fingerprint density at radius 1 is 1.22 bits per heavy atom. The number of benzene rings is 1. The summed E-state index contributed by atoms with van der Waals surface area (Å²) in [4.78, 5) is 32.8. The van der Waals surface area contributed by atoms with E-state index in [1.807, 2.05) is 4.57 Å². The molecule has 0 bridgehead atoms. The number of unbranched alkanes of at least 4 members (excludes halogenated alkanes) is 1. The molecule has 0 aliphatic rings. The molecule has 0 aliphatic carbocycles. The van der Waals surface area contributed by atoms with Crippen molar-refractivity contribution in [2.24, 2.45) is 11.5 Å². The number of hydrogen-bond donors (Lipinski definition) is 3. The van der Waals surface area contributed by atoms with Gasteiger partial charge < -0.3 is 16.0 Å². The van der Waals surface area contributed by atoms with Crippen LogP contribution in [0.15, 0.2) is 36.5 Å². The van der Waals surface area contributed by atoms with Crippen LogP contribution in [0.3, 0.4) is 0 Å². The fourth-order valence-electron chi connectivity index (χ4n) is 2.91. The number of imidazole rings is 1. The molecular weight excluding hydrogens is 344 g/mol. The molecule has 2 aromatic heterocycles. The standard InChI is InChI=1S/C19H22N6O2/c1-12-14(5-4-9-22-12)18(27)24-19-23-15-11-13(17(21)26)6-7-16(15)25(19)10-3-2-8-20/h4-7,9,11H,2-3,8,10,20H2,1H3,(H2,21,26)(H,23,24,27). The smallest absolute Gasteiger partial charge is 0.259 e. The van der Waals surface area contributed by atoms with Gasteiger partial charge in [-0.05, 0) is 56.6 Å². The highest BCUT2D eigenvalue weighted by atomic mass is 16.2. The number of nitrogens with two attached hydrogens (primary N) is 2. The van der Waals surface area contributed by atoms with E-state index in [4.69, 9.17) is 11.5 Å². The maximum atomic E-state index is 12.7. The molecule has 0 radical (unpaired) electrons. The van der Waals surface area contributed by atoms with Crippen molar-refractivity contribution in [3.05, 3.63) is 53.3 Å². The Hall–Kier alpha value is -3.26. The Morgan fingerprint density at radius 2 is 2.04 bits per heavy atom.